The van der Waals surface area contributed by atoms with Crippen molar-refractivity contribution in [2.45, 2.75) is 37.8 Å². The molecular formula is C11H14F3NO5S. The van der Waals surface area contributed by atoms with Gasteiger partial charge in [0.2, 0.25) is 10.0 Å². The molecule has 0 aliphatic heterocycles. The van der Waals surface area contributed by atoms with E-state index in [1.165, 1.54) is 13.8 Å². The van der Waals surface area contributed by atoms with Crippen LogP contribution in [0, 0.1) is 13.8 Å². The number of carboxylic acid groups (broad SMARTS) is 1. The summed E-state index contributed by atoms with van der Waals surface area (Å²) in [5.41, 5.74) is -0.518. The molecule has 0 aromatic carbocycles. The van der Waals surface area contributed by atoms with Gasteiger partial charge in [-0.3, -0.25) is 0 Å². The normalized spacial score (nSPS) is 12.6. The Hall–Kier alpha value is -1.55. The molecule has 0 fully saturated rings. The second-order valence-corrected chi connectivity index (χ2v) is 6.04. The van der Waals surface area contributed by atoms with Crippen molar-refractivity contribution >= 4 is 16.0 Å². The van der Waals surface area contributed by atoms with Gasteiger partial charge in [0, 0.05) is 13.0 Å². The van der Waals surface area contributed by atoms with Crippen LogP contribution in [0.3, 0.4) is 0 Å². The highest BCUT2D eigenvalue weighted by Crippen LogP contribution is 2.26. The van der Waals surface area contributed by atoms with Crippen LogP contribution < -0.4 is 4.72 Å². The Bertz CT molecular complexity index is 633. The number of furan rings is 1. The van der Waals surface area contributed by atoms with E-state index in [2.05, 4.69) is 0 Å². The topological polar surface area (TPSA) is 96.6 Å². The molecular weight excluding hydrogens is 315 g/mol. The number of halogens is 3. The number of aryl methyl sites for hydroxylation is 2. The van der Waals surface area contributed by atoms with Crippen LogP contribution in [0.1, 0.15) is 34.7 Å². The first-order chi connectivity index (χ1) is 9.46. The van der Waals surface area contributed by atoms with E-state index in [1.54, 1.807) is 0 Å². The molecule has 0 spiro atoms. The molecule has 0 aliphatic carbocycles. The van der Waals surface area contributed by atoms with Gasteiger partial charge >= 0.3 is 12.1 Å². The number of nitrogens with one attached hydrogen (secondary N) is 1. The number of aromatic carboxylic acids is 1. The molecule has 0 bridgehead atoms. The first-order valence-electron chi connectivity index (χ1n) is 5.85. The van der Waals surface area contributed by atoms with E-state index < -0.39 is 52.0 Å². The van der Waals surface area contributed by atoms with Gasteiger partial charge in [-0.2, -0.15) is 13.2 Å². The van der Waals surface area contributed by atoms with Gasteiger partial charge in [-0.15, -0.1) is 0 Å². The van der Waals surface area contributed by atoms with Gasteiger partial charge in [0.25, 0.3) is 0 Å². The zero-order valence-corrected chi connectivity index (χ0v) is 12.1. The molecule has 1 aromatic rings. The van der Waals surface area contributed by atoms with E-state index in [0.717, 1.165) is 0 Å². The molecule has 1 heterocycles. The van der Waals surface area contributed by atoms with E-state index in [1.807, 2.05) is 4.72 Å². The van der Waals surface area contributed by atoms with Crippen LogP contribution in [-0.4, -0.2) is 32.2 Å². The summed E-state index contributed by atoms with van der Waals surface area (Å²) in [6, 6.07) is 0. The second-order valence-electron chi connectivity index (χ2n) is 4.34. The van der Waals surface area contributed by atoms with Crippen LogP contribution in [0.4, 0.5) is 13.2 Å². The van der Waals surface area contributed by atoms with Gasteiger partial charge in [-0.05, 0) is 20.3 Å². The predicted molar refractivity (Wildman–Crippen MR) is 65.6 cm³/mol. The lowest BCUT2D eigenvalue weighted by atomic mass is 10.2. The quantitative estimate of drug-likeness (QED) is 0.780. The Morgan fingerprint density at radius 2 is 1.86 bits per heavy atom. The van der Waals surface area contributed by atoms with E-state index >= 15 is 0 Å². The van der Waals surface area contributed by atoms with E-state index in [-0.39, 0.29) is 11.5 Å². The summed E-state index contributed by atoms with van der Waals surface area (Å²) in [6.07, 6.45) is -5.95. The van der Waals surface area contributed by atoms with Gasteiger partial charge in [0.15, 0.2) is 0 Å². The summed E-state index contributed by atoms with van der Waals surface area (Å²) in [5.74, 6) is -1.70. The molecule has 1 rings (SSSR count). The number of carboxylic acids is 1. The number of carbonyl (C=O) groups is 1. The van der Waals surface area contributed by atoms with Crippen LogP contribution >= 0.6 is 0 Å². The van der Waals surface area contributed by atoms with Gasteiger partial charge in [-0.1, -0.05) is 0 Å². The van der Waals surface area contributed by atoms with Crippen LogP contribution in [-0.2, 0) is 10.0 Å². The van der Waals surface area contributed by atoms with E-state index in [4.69, 9.17) is 9.52 Å². The van der Waals surface area contributed by atoms with Crippen LogP contribution in [0.15, 0.2) is 9.31 Å². The van der Waals surface area contributed by atoms with Crippen molar-refractivity contribution in [2.75, 3.05) is 6.54 Å². The SMILES string of the molecule is Cc1oc(C)c(S(=O)(=O)NCCCC(F)(F)F)c1C(=O)O. The highest BCUT2D eigenvalue weighted by atomic mass is 32.2. The fraction of sp³-hybridized carbons (Fsp3) is 0.545. The van der Waals surface area contributed by atoms with Crippen LogP contribution in [0.2, 0.25) is 0 Å². The van der Waals surface area contributed by atoms with E-state index in [9.17, 15) is 26.4 Å². The molecule has 1 aromatic heterocycles. The monoisotopic (exact) mass is 329 g/mol. The first kappa shape index (κ1) is 17.5. The Kier molecular flexibility index (Phi) is 5.05. The zero-order chi connectivity index (χ0) is 16.4. The number of hydrogen-bond acceptors (Lipinski definition) is 4. The highest BCUT2D eigenvalue weighted by molar-refractivity contribution is 7.89. The van der Waals surface area contributed by atoms with Crippen molar-refractivity contribution in [1.29, 1.82) is 0 Å². The summed E-state index contributed by atoms with van der Waals surface area (Å²) in [7, 11) is -4.26. The van der Waals surface area contributed by atoms with Crippen LogP contribution in [0.5, 0.6) is 0 Å². The van der Waals surface area contributed by atoms with Gasteiger partial charge in [0.1, 0.15) is 22.0 Å². The molecule has 0 radical (unpaired) electrons. The molecule has 120 valence electrons. The highest BCUT2D eigenvalue weighted by Gasteiger charge is 2.31. The summed E-state index contributed by atoms with van der Waals surface area (Å²) >= 11 is 0. The molecule has 0 saturated heterocycles. The van der Waals surface area contributed by atoms with Crippen LogP contribution in [0.25, 0.3) is 0 Å². The van der Waals surface area contributed by atoms with Crippen molar-refractivity contribution in [3.8, 4) is 0 Å². The summed E-state index contributed by atoms with van der Waals surface area (Å²) < 4.78 is 66.8. The summed E-state index contributed by atoms with van der Waals surface area (Å²) in [5, 5.41) is 9.00. The molecule has 6 nitrogen and oxygen atoms in total. The maximum absolute atomic E-state index is 12.0. The molecule has 21 heavy (non-hydrogen) atoms. The molecule has 0 aliphatic rings. The third-order valence-electron chi connectivity index (χ3n) is 2.62. The fourth-order valence-electron chi connectivity index (χ4n) is 1.80. The third-order valence-corrected chi connectivity index (χ3v) is 4.23. The zero-order valence-electron chi connectivity index (χ0n) is 11.2. The van der Waals surface area contributed by atoms with Gasteiger partial charge in [-0.25, -0.2) is 17.9 Å². The maximum Gasteiger partial charge on any atom is 0.389 e. The van der Waals surface area contributed by atoms with Gasteiger partial charge < -0.3 is 9.52 Å². The van der Waals surface area contributed by atoms with Crippen molar-refractivity contribution in [2.24, 2.45) is 0 Å². The lowest BCUT2D eigenvalue weighted by Crippen LogP contribution is -2.27. The minimum Gasteiger partial charge on any atom is -0.478 e. The molecule has 0 amide bonds. The average molecular weight is 329 g/mol. The largest absolute Gasteiger partial charge is 0.478 e. The first-order valence-corrected chi connectivity index (χ1v) is 7.33. The second kappa shape index (κ2) is 6.06. The standard InChI is InChI=1S/C11H14F3NO5S/c1-6-8(10(16)17)9(7(2)20-6)21(18,19)15-5-3-4-11(12,13)14/h15H,3-5H2,1-2H3,(H,16,17). The lowest BCUT2D eigenvalue weighted by Gasteiger charge is -2.08. The molecule has 0 unspecified atom stereocenters. The minimum atomic E-state index is -4.38. The predicted octanol–water partition coefficient (Wildman–Crippen LogP) is 2.22. The lowest BCUT2D eigenvalue weighted by molar-refractivity contribution is -0.135. The Labute approximate surface area is 119 Å². The molecule has 10 heteroatoms. The molecule has 2 N–H and O–H groups in total. The Balaban J connectivity index is 2.92. The Morgan fingerprint density at radius 1 is 1.29 bits per heavy atom. The fourth-order valence-corrected chi connectivity index (χ4v) is 3.28. The van der Waals surface area contributed by atoms with Crippen molar-refractivity contribution in [3.05, 3.63) is 17.1 Å². The molecule has 0 saturated carbocycles. The minimum absolute atomic E-state index is 0.0873. The number of alkyl halides is 3. The van der Waals surface area contributed by atoms with Crippen molar-refractivity contribution in [3.63, 3.8) is 0 Å². The third kappa shape index (κ3) is 4.46. The summed E-state index contributed by atoms with van der Waals surface area (Å²) in [6.45, 7) is 2.10. The maximum atomic E-state index is 12.0. The van der Waals surface area contributed by atoms with Crippen molar-refractivity contribution in [1.82, 2.24) is 4.72 Å². The Morgan fingerprint density at radius 3 is 2.33 bits per heavy atom. The summed E-state index contributed by atoms with van der Waals surface area (Å²) in [4.78, 5) is 10.5. The number of rotatable bonds is 6. The smallest absolute Gasteiger partial charge is 0.389 e. The number of hydrogen-bond donors (Lipinski definition) is 2. The number of sulfonamides is 1. The van der Waals surface area contributed by atoms with Gasteiger partial charge in [0.05, 0.1) is 0 Å². The van der Waals surface area contributed by atoms with Crippen molar-refractivity contribution < 1.29 is 35.9 Å². The molecule has 0 atom stereocenters. The average Bonchev–Trinajstić information content (AvgIpc) is 2.59. The van der Waals surface area contributed by atoms with E-state index in [0.29, 0.717) is 0 Å².